The van der Waals surface area contributed by atoms with Gasteiger partial charge in [-0.3, -0.25) is 42.5 Å². The molecule has 3 saturated heterocycles. The average Bonchev–Trinajstić information content (AvgIpc) is 3.72. The van der Waals surface area contributed by atoms with Gasteiger partial charge in [-0.15, -0.1) is 17.8 Å². The van der Waals surface area contributed by atoms with E-state index >= 15 is 0 Å². The van der Waals surface area contributed by atoms with Crippen LogP contribution in [0.1, 0.15) is 87.0 Å². The lowest BCUT2D eigenvalue weighted by atomic mass is 10.00. The molecule has 1 spiro atoms. The molecule has 1 N–H and O–H groups in total. The number of carbonyl (C=O) groups excluding carboxylic acids is 2. The zero-order valence-electron chi connectivity index (χ0n) is 33.8. The first-order valence-corrected chi connectivity index (χ1v) is 19.4. The number of rotatable bonds is 4. The molecule has 3 aliphatic heterocycles. The van der Waals surface area contributed by atoms with Gasteiger partial charge in [0.1, 0.15) is 17.3 Å². The minimum Gasteiger partial charge on any atom is -0.359 e. The van der Waals surface area contributed by atoms with Crippen LogP contribution in [0, 0.1) is 114 Å². The maximum atomic E-state index is 11.1. The number of nitriles is 2. The maximum Gasteiger partial charge on any atom is 0.135 e. The summed E-state index contributed by atoms with van der Waals surface area (Å²) in [7, 11) is 0. The van der Waals surface area contributed by atoms with Gasteiger partial charge in [0.05, 0.1) is 29.9 Å². The highest BCUT2D eigenvalue weighted by Crippen LogP contribution is 2.27. The summed E-state index contributed by atoms with van der Waals surface area (Å²) in [6, 6.07) is 19.8. The highest BCUT2D eigenvalue weighted by Gasteiger charge is 2.37. The van der Waals surface area contributed by atoms with Crippen molar-refractivity contribution in [3.63, 3.8) is 0 Å². The highest BCUT2D eigenvalue weighted by molar-refractivity contribution is 5.79. The highest BCUT2D eigenvalue weighted by atomic mass is 16.5. The number of nitrogens with one attached hydrogen (secondary N) is 1. The second-order valence-electron chi connectivity index (χ2n) is 13.4. The lowest BCUT2D eigenvalue weighted by Gasteiger charge is -2.38. The van der Waals surface area contributed by atoms with E-state index in [1.54, 1.807) is 6.92 Å². The van der Waals surface area contributed by atoms with E-state index in [9.17, 15) is 9.59 Å². The van der Waals surface area contributed by atoms with Crippen LogP contribution in [-0.2, 0) is 27.4 Å². The van der Waals surface area contributed by atoms with Gasteiger partial charge in [0.15, 0.2) is 0 Å². The van der Waals surface area contributed by atoms with Gasteiger partial charge in [0, 0.05) is 84.3 Å². The molecule has 3 heterocycles. The van der Waals surface area contributed by atoms with E-state index < -0.39 is 0 Å². The molecule has 2 aromatic carbocycles. The van der Waals surface area contributed by atoms with Gasteiger partial charge in [-0.1, -0.05) is 36.6 Å². The Hall–Kier alpha value is -6.43. The van der Waals surface area contributed by atoms with Crippen LogP contribution in [0.3, 0.4) is 0 Å². The molecular weight excluding hydrogens is 719 g/mol. The molecule has 4 aliphatic rings. The molecule has 0 amide bonds. The SMILES string of the molecule is N#Cc1ccc(CN2CCC(=O)CC2)cc1.N#Cc1ccc(CN2CCC3(CC2)NCCO3)cc1.O=C1CCCCC1.[CH2-]C#CC#CC#CC.[CH2-]C#CC#CC#C[CH2-]. The topological polar surface area (TPSA) is 109 Å². The van der Waals surface area contributed by atoms with Crippen LogP contribution in [0.4, 0.5) is 0 Å². The first-order valence-electron chi connectivity index (χ1n) is 19.4. The van der Waals surface area contributed by atoms with Crippen molar-refractivity contribution < 1.29 is 14.3 Å². The van der Waals surface area contributed by atoms with Gasteiger partial charge in [-0.05, 0) is 67.0 Å². The van der Waals surface area contributed by atoms with Gasteiger partial charge in [0.25, 0.3) is 0 Å². The fourth-order valence-electron chi connectivity index (χ4n) is 6.08. The Labute approximate surface area is 348 Å². The molecule has 4 fully saturated rings. The van der Waals surface area contributed by atoms with Crippen LogP contribution < -0.4 is 5.32 Å². The third kappa shape index (κ3) is 21.0. The Kier molecular flexibility index (Phi) is 24.5. The van der Waals surface area contributed by atoms with E-state index in [4.69, 9.17) is 15.3 Å². The van der Waals surface area contributed by atoms with Crippen LogP contribution in [0.25, 0.3) is 0 Å². The lowest BCUT2D eigenvalue weighted by molar-refractivity contribution is -0.121. The molecule has 1 aliphatic carbocycles. The number of ketones is 2. The lowest BCUT2D eigenvalue weighted by Crippen LogP contribution is -2.50. The molecule has 1 saturated carbocycles. The van der Waals surface area contributed by atoms with Crippen molar-refractivity contribution in [3.05, 3.63) is 91.6 Å². The largest absolute Gasteiger partial charge is 0.359 e. The Bertz CT molecular complexity index is 1940. The van der Waals surface area contributed by atoms with Crippen LogP contribution in [0.2, 0.25) is 0 Å². The van der Waals surface area contributed by atoms with Crippen LogP contribution in [0.15, 0.2) is 48.5 Å². The Morgan fingerprint density at radius 3 is 1.41 bits per heavy atom. The summed E-state index contributed by atoms with van der Waals surface area (Å²) in [5.74, 6) is 30.3. The Morgan fingerprint density at radius 2 is 1.05 bits per heavy atom. The number of carbonyl (C=O) groups is 2. The van der Waals surface area contributed by atoms with Gasteiger partial charge in [-0.25, -0.2) is 17.8 Å². The third-order valence-corrected chi connectivity index (χ3v) is 9.16. The summed E-state index contributed by atoms with van der Waals surface area (Å²) >= 11 is 0. The second kappa shape index (κ2) is 29.8. The first kappa shape index (κ1) is 47.7. The van der Waals surface area contributed by atoms with E-state index in [1.807, 2.05) is 48.5 Å². The predicted octanol–water partition coefficient (Wildman–Crippen LogP) is 6.23. The molecule has 0 unspecified atom stereocenters. The fourth-order valence-corrected chi connectivity index (χ4v) is 6.08. The standard InChI is InChI=1S/C15H19N3O.C13H14N2O.C8H5.C8H4.C6H10O/c16-11-13-1-3-14(4-2-13)12-18-8-5-15(6-9-18)17-7-10-19-15;14-9-11-1-3-12(4-2-11)10-15-7-5-13(16)6-8-15;2*1-3-5-7-8-6-4-2;7-6-4-2-1-3-5-6/h1-4,17H,5-10,12H2;1-4H,5-8,10H2;1H2,2H3;1-2H2;1-5H2/q;;-1;-2;. The number of nitrogens with zero attached hydrogens (tertiary/aromatic N) is 4. The van der Waals surface area contributed by atoms with Crippen molar-refractivity contribution in [1.82, 2.24) is 15.1 Å². The summed E-state index contributed by atoms with van der Waals surface area (Å²) in [5, 5.41) is 21.0. The van der Waals surface area contributed by atoms with Crippen molar-refractivity contribution >= 4 is 11.6 Å². The Balaban J connectivity index is 0.000000268. The number of likely N-dealkylation sites (tertiary alicyclic amines) is 2. The molecule has 0 atom stereocenters. The minimum absolute atomic E-state index is 0.0405. The minimum atomic E-state index is -0.0405. The zero-order chi connectivity index (χ0) is 42.1. The number of Topliss-reactive ketones (excluding diaryl/α,β-unsaturated/α-hetero) is 2. The first-order chi connectivity index (χ1) is 28.3. The van der Waals surface area contributed by atoms with Crippen LogP contribution in [0.5, 0.6) is 0 Å². The van der Waals surface area contributed by atoms with Gasteiger partial charge in [0.2, 0.25) is 0 Å². The summed E-state index contributed by atoms with van der Waals surface area (Å²) in [6.07, 6.45) is 8.71. The molecule has 8 nitrogen and oxygen atoms in total. The molecule has 58 heavy (non-hydrogen) atoms. The van der Waals surface area contributed by atoms with Gasteiger partial charge >= 0.3 is 0 Å². The van der Waals surface area contributed by atoms with Crippen LogP contribution >= 0.6 is 0 Å². The molecule has 8 heteroatoms. The molecule has 0 aromatic heterocycles. The Morgan fingerprint density at radius 1 is 0.621 bits per heavy atom. The van der Waals surface area contributed by atoms with Gasteiger partial charge < -0.3 is 4.74 Å². The third-order valence-electron chi connectivity index (χ3n) is 9.16. The van der Waals surface area contributed by atoms with E-state index in [0.717, 1.165) is 96.5 Å². The molecule has 298 valence electrons. The summed E-state index contributed by atoms with van der Waals surface area (Å²) in [5.41, 5.74) is 3.85. The quantitative estimate of drug-likeness (QED) is 0.288. The van der Waals surface area contributed by atoms with E-state index in [-0.39, 0.29) is 5.72 Å². The molecule has 6 rings (SSSR count). The second-order valence-corrected chi connectivity index (χ2v) is 13.4. The molecule has 2 aromatic rings. The summed E-state index contributed by atoms with van der Waals surface area (Å²) in [4.78, 5) is 26.3. The van der Waals surface area contributed by atoms with E-state index in [0.29, 0.717) is 30.0 Å². The fraction of sp³-hybridized carbons (Fsp3) is 0.380. The van der Waals surface area contributed by atoms with Crippen molar-refractivity contribution in [2.24, 2.45) is 0 Å². The smallest absolute Gasteiger partial charge is 0.135 e. The number of ether oxygens (including phenoxy) is 1. The maximum absolute atomic E-state index is 11.1. The molecule has 0 bridgehead atoms. The molecule has 0 radical (unpaired) electrons. The normalized spacial score (nSPS) is 15.8. The zero-order valence-corrected chi connectivity index (χ0v) is 33.8. The summed E-state index contributed by atoms with van der Waals surface area (Å²) < 4.78 is 5.84. The van der Waals surface area contributed by atoms with E-state index in [2.05, 4.69) is 119 Å². The van der Waals surface area contributed by atoms with Crippen molar-refractivity contribution in [2.75, 3.05) is 39.3 Å². The van der Waals surface area contributed by atoms with Crippen molar-refractivity contribution in [2.45, 2.75) is 83.5 Å². The number of hydrogen-bond donors (Lipinski definition) is 1. The van der Waals surface area contributed by atoms with Gasteiger partial charge in [-0.2, -0.15) is 31.3 Å². The number of hydrogen-bond acceptors (Lipinski definition) is 8. The summed E-state index contributed by atoms with van der Waals surface area (Å²) in [6.45, 7) is 19.0. The van der Waals surface area contributed by atoms with Crippen molar-refractivity contribution in [3.8, 4) is 83.2 Å². The number of benzene rings is 2. The molecular formula is C50H52N5O3-3. The van der Waals surface area contributed by atoms with Crippen molar-refractivity contribution in [1.29, 1.82) is 10.5 Å². The van der Waals surface area contributed by atoms with Crippen LogP contribution in [-0.4, -0.2) is 66.4 Å². The number of piperidine rings is 2. The average molecular weight is 771 g/mol. The monoisotopic (exact) mass is 770 g/mol. The predicted molar refractivity (Wildman–Crippen MR) is 230 cm³/mol. The van der Waals surface area contributed by atoms with E-state index in [1.165, 1.54) is 17.5 Å².